The van der Waals surface area contributed by atoms with Crippen LogP contribution in [0, 0.1) is 0 Å². The van der Waals surface area contributed by atoms with Gasteiger partial charge in [-0.2, -0.15) is 0 Å². The standard InChI is InChI=1S/C12H22OS/c13-10-12(8-4-1-5-9-12)14-11-6-2-3-7-11/h11,13H,1-10H2. The Morgan fingerprint density at radius 3 is 2.21 bits per heavy atom. The second-order valence-electron chi connectivity index (χ2n) is 4.93. The molecular weight excluding hydrogens is 192 g/mol. The Bertz CT molecular complexity index is 169. The van der Waals surface area contributed by atoms with Crippen molar-refractivity contribution in [3.8, 4) is 0 Å². The molecule has 1 nitrogen and oxygen atoms in total. The van der Waals surface area contributed by atoms with Gasteiger partial charge in [0, 0.05) is 10.00 Å². The molecule has 0 aromatic heterocycles. The Morgan fingerprint density at radius 1 is 1.00 bits per heavy atom. The van der Waals surface area contributed by atoms with E-state index in [1.165, 1.54) is 57.8 Å². The number of aliphatic hydroxyl groups excluding tert-OH is 1. The van der Waals surface area contributed by atoms with E-state index < -0.39 is 0 Å². The van der Waals surface area contributed by atoms with Crippen molar-refractivity contribution in [2.75, 3.05) is 6.61 Å². The Morgan fingerprint density at radius 2 is 1.64 bits per heavy atom. The van der Waals surface area contributed by atoms with Gasteiger partial charge in [0.15, 0.2) is 0 Å². The van der Waals surface area contributed by atoms with Gasteiger partial charge >= 0.3 is 0 Å². The fraction of sp³-hybridized carbons (Fsp3) is 1.00. The predicted molar refractivity (Wildman–Crippen MR) is 62.7 cm³/mol. The molecule has 82 valence electrons. The van der Waals surface area contributed by atoms with Gasteiger partial charge in [-0.1, -0.05) is 32.1 Å². The van der Waals surface area contributed by atoms with Gasteiger partial charge in [0.1, 0.15) is 0 Å². The first-order valence-corrected chi connectivity index (χ1v) is 7.01. The highest BCUT2D eigenvalue weighted by molar-refractivity contribution is 8.01. The van der Waals surface area contributed by atoms with E-state index in [-0.39, 0.29) is 4.75 Å². The summed E-state index contributed by atoms with van der Waals surface area (Å²) in [6, 6.07) is 0. The van der Waals surface area contributed by atoms with Crippen molar-refractivity contribution in [1.29, 1.82) is 0 Å². The van der Waals surface area contributed by atoms with E-state index in [4.69, 9.17) is 0 Å². The third kappa shape index (κ3) is 2.46. The number of hydrogen-bond acceptors (Lipinski definition) is 2. The molecule has 2 heteroatoms. The lowest BCUT2D eigenvalue weighted by Crippen LogP contribution is -2.34. The molecule has 0 aliphatic heterocycles. The lowest BCUT2D eigenvalue weighted by Gasteiger charge is -2.37. The molecule has 2 aliphatic rings. The van der Waals surface area contributed by atoms with Crippen LogP contribution < -0.4 is 0 Å². The summed E-state index contributed by atoms with van der Waals surface area (Å²) in [5, 5.41) is 10.4. The number of aliphatic hydroxyl groups is 1. The predicted octanol–water partition coefficient (Wildman–Crippen LogP) is 3.36. The van der Waals surface area contributed by atoms with Crippen LogP contribution in [0.1, 0.15) is 57.8 Å². The van der Waals surface area contributed by atoms with Crippen LogP contribution in [0.5, 0.6) is 0 Å². The van der Waals surface area contributed by atoms with Gasteiger partial charge in [0.25, 0.3) is 0 Å². The van der Waals surface area contributed by atoms with Crippen molar-refractivity contribution in [3.63, 3.8) is 0 Å². The van der Waals surface area contributed by atoms with Gasteiger partial charge in [-0.25, -0.2) is 0 Å². The fourth-order valence-electron chi connectivity index (χ4n) is 2.87. The second-order valence-corrected chi connectivity index (χ2v) is 6.69. The highest BCUT2D eigenvalue weighted by atomic mass is 32.2. The van der Waals surface area contributed by atoms with Gasteiger partial charge in [0.05, 0.1) is 6.61 Å². The summed E-state index contributed by atoms with van der Waals surface area (Å²) in [6.45, 7) is 0.411. The number of rotatable bonds is 3. The molecule has 2 rings (SSSR count). The van der Waals surface area contributed by atoms with Gasteiger partial charge in [-0.05, 0) is 25.7 Å². The smallest absolute Gasteiger partial charge is 0.0578 e. The minimum atomic E-state index is 0.257. The molecule has 0 bridgehead atoms. The largest absolute Gasteiger partial charge is 0.395 e. The molecule has 0 aromatic rings. The summed E-state index contributed by atoms with van der Waals surface area (Å²) in [5.74, 6) is 0. The maximum Gasteiger partial charge on any atom is 0.0578 e. The zero-order valence-electron chi connectivity index (χ0n) is 9.00. The van der Waals surface area contributed by atoms with Crippen LogP contribution >= 0.6 is 11.8 Å². The van der Waals surface area contributed by atoms with Crippen LogP contribution in [0.3, 0.4) is 0 Å². The highest BCUT2D eigenvalue weighted by Crippen LogP contribution is 2.45. The van der Waals surface area contributed by atoms with Crippen molar-refractivity contribution in [2.45, 2.75) is 67.8 Å². The first kappa shape index (κ1) is 10.8. The monoisotopic (exact) mass is 214 g/mol. The van der Waals surface area contributed by atoms with Crippen LogP contribution in [-0.4, -0.2) is 21.7 Å². The minimum Gasteiger partial charge on any atom is -0.395 e. The molecule has 1 N–H and O–H groups in total. The van der Waals surface area contributed by atoms with Gasteiger partial charge < -0.3 is 5.11 Å². The summed E-state index contributed by atoms with van der Waals surface area (Å²) < 4.78 is 0.257. The summed E-state index contributed by atoms with van der Waals surface area (Å²) >= 11 is 2.13. The quantitative estimate of drug-likeness (QED) is 0.777. The molecule has 0 saturated heterocycles. The van der Waals surface area contributed by atoms with Crippen LogP contribution in [0.15, 0.2) is 0 Å². The Balaban J connectivity index is 1.89. The van der Waals surface area contributed by atoms with E-state index in [1.807, 2.05) is 0 Å². The highest BCUT2D eigenvalue weighted by Gasteiger charge is 2.35. The van der Waals surface area contributed by atoms with Crippen LogP contribution in [0.4, 0.5) is 0 Å². The Kier molecular flexibility index (Phi) is 3.78. The van der Waals surface area contributed by atoms with Crippen molar-refractivity contribution in [1.82, 2.24) is 0 Å². The summed E-state index contributed by atoms with van der Waals surface area (Å²) in [5.41, 5.74) is 0. The van der Waals surface area contributed by atoms with Crippen molar-refractivity contribution in [3.05, 3.63) is 0 Å². The van der Waals surface area contributed by atoms with E-state index in [9.17, 15) is 5.11 Å². The second kappa shape index (κ2) is 4.89. The van der Waals surface area contributed by atoms with E-state index in [2.05, 4.69) is 11.8 Å². The summed E-state index contributed by atoms with van der Waals surface area (Å²) in [4.78, 5) is 0. The minimum absolute atomic E-state index is 0.257. The van der Waals surface area contributed by atoms with Crippen molar-refractivity contribution >= 4 is 11.8 Å². The van der Waals surface area contributed by atoms with Gasteiger partial charge in [-0.3, -0.25) is 0 Å². The molecule has 2 fully saturated rings. The molecule has 0 radical (unpaired) electrons. The molecule has 14 heavy (non-hydrogen) atoms. The maximum absolute atomic E-state index is 9.58. The number of hydrogen-bond donors (Lipinski definition) is 1. The average molecular weight is 214 g/mol. The van der Waals surface area contributed by atoms with Crippen LogP contribution in [-0.2, 0) is 0 Å². The SMILES string of the molecule is OCC1(SC2CCCC2)CCCCC1. The average Bonchev–Trinajstić information content (AvgIpc) is 2.72. The molecule has 0 amide bonds. The van der Waals surface area contributed by atoms with E-state index in [0.717, 1.165) is 5.25 Å². The first-order valence-electron chi connectivity index (χ1n) is 6.13. The molecule has 0 aromatic carbocycles. The fourth-order valence-corrected chi connectivity index (χ4v) is 4.74. The van der Waals surface area contributed by atoms with Crippen LogP contribution in [0.2, 0.25) is 0 Å². The lowest BCUT2D eigenvalue weighted by atomic mass is 9.89. The van der Waals surface area contributed by atoms with Gasteiger partial charge in [0.2, 0.25) is 0 Å². The Labute approximate surface area is 91.7 Å². The molecule has 0 atom stereocenters. The molecule has 2 saturated carbocycles. The lowest BCUT2D eigenvalue weighted by molar-refractivity contribution is 0.214. The third-order valence-corrected chi connectivity index (χ3v) is 5.61. The van der Waals surface area contributed by atoms with Crippen LogP contribution in [0.25, 0.3) is 0 Å². The summed E-state index contributed by atoms with van der Waals surface area (Å²) in [6.07, 6.45) is 12.2. The first-order chi connectivity index (χ1) is 6.85. The molecule has 0 unspecified atom stereocenters. The zero-order chi connectivity index (χ0) is 9.86. The summed E-state index contributed by atoms with van der Waals surface area (Å²) in [7, 11) is 0. The Hall–Kier alpha value is 0.310. The topological polar surface area (TPSA) is 20.2 Å². The third-order valence-electron chi connectivity index (χ3n) is 3.77. The van der Waals surface area contributed by atoms with E-state index >= 15 is 0 Å². The molecule has 0 heterocycles. The maximum atomic E-state index is 9.58. The molecule has 0 spiro atoms. The molecule has 2 aliphatic carbocycles. The van der Waals surface area contributed by atoms with Gasteiger partial charge in [-0.15, -0.1) is 11.8 Å². The van der Waals surface area contributed by atoms with E-state index in [0.29, 0.717) is 6.61 Å². The van der Waals surface area contributed by atoms with E-state index in [1.54, 1.807) is 0 Å². The van der Waals surface area contributed by atoms with Crippen molar-refractivity contribution < 1.29 is 5.11 Å². The zero-order valence-corrected chi connectivity index (χ0v) is 9.82. The van der Waals surface area contributed by atoms with Crippen molar-refractivity contribution in [2.24, 2.45) is 0 Å². The normalized spacial score (nSPS) is 28.1. The number of thioether (sulfide) groups is 1. The molecular formula is C12H22OS.